The van der Waals surface area contributed by atoms with Gasteiger partial charge in [-0.2, -0.15) is 0 Å². The predicted molar refractivity (Wildman–Crippen MR) is 100 cm³/mol. The van der Waals surface area contributed by atoms with Crippen molar-refractivity contribution in [1.29, 1.82) is 0 Å². The second-order valence-corrected chi connectivity index (χ2v) is 6.28. The molecule has 2 aromatic rings. The number of benzene rings is 1. The third kappa shape index (κ3) is 4.03. The van der Waals surface area contributed by atoms with E-state index < -0.39 is 11.7 Å². The number of primary amides is 1. The summed E-state index contributed by atoms with van der Waals surface area (Å²) in [5.74, 6) is -0.0363. The van der Waals surface area contributed by atoms with E-state index in [4.69, 9.17) is 20.9 Å². The van der Waals surface area contributed by atoms with Crippen molar-refractivity contribution in [3.8, 4) is 11.5 Å². The van der Waals surface area contributed by atoms with Crippen molar-refractivity contribution in [3.05, 3.63) is 35.6 Å². The lowest BCUT2D eigenvalue weighted by molar-refractivity contribution is 0.100. The third-order valence-electron chi connectivity index (χ3n) is 4.36. The maximum atomic E-state index is 14.5. The first kappa shape index (κ1) is 18.7. The van der Waals surface area contributed by atoms with Crippen LogP contribution >= 0.6 is 0 Å². The van der Waals surface area contributed by atoms with E-state index in [1.165, 1.54) is 14.2 Å². The minimum Gasteiger partial charge on any atom is -0.497 e. The summed E-state index contributed by atoms with van der Waals surface area (Å²) >= 11 is 0. The van der Waals surface area contributed by atoms with E-state index in [0.717, 1.165) is 12.5 Å². The zero-order chi connectivity index (χ0) is 19.6. The topological polar surface area (TPSA) is 116 Å². The van der Waals surface area contributed by atoms with E-state index in [9.17, 15) is 9.18 Å². The van der Waals surface area contributed by atoms with Crippen LogP contribution in [-0.2, 0) is 0 Å². The van der Waals surface area contributed by atoms with Gasteiger partial charge < -0.3 is 31.2 Å². The van der Waals surface area contributed by atoms with E-state index in [1.807, 2.05) is 0 Å². The molecule has 1 atom stereocenters. The van der Waals surface area contributed by atoms with Crippen LogP contribution in [0.2, 0.25) is 0 Å². The second kappa shape index (κ2) is 7.67. The standard InChI is InChI=1S/C18H22FN5O3/c1-26-12-5-11(6-13(7-12)27-2)22-17-14(16(21)25)8-15(19)18(23-17)24-4-3-10(20)9-24/h5-8,10H,3-4,9,20H2,1-2H3,(H2,21,25)(H,22,23)/t10-/m1/s1. The summed E-state index contributed by atoms with van der Waals surface area (Å²) in [6.45, 7) is 1.08. The zero-order valence-corrected chi connectivity index (χ0v) is 15.2. The van der Waals surface area contributed by atoms with Crippen molar-refractivity contribution in [1.82, 2.24) is 4.98 Å². The van der Waals surface area contributed by atoms with Gasteiger partial charge in [-0.05, 0) is 12.5 Å². The molecular weight excluding hydrogens is 353 g/mol. The Morgan fingerprint density at radius 1 is 1.26 bits per heavy atom. The van der Waals surface area contributed by atoms with E-state index in [0.29, 0.717) is 30.3 Å². The molecule has 1 aromatic heterocycles. The number of hydrogen-bond acceptors (Lipinski definition) is 7. The fraction of sp³-hybridized carbons (Fsp3) is 0.333. The Morgan fingerprint density at radius 3 is 2.44 bits per heavy atom. The Hall–Kier alpha value is -3.07. The number of pyridine rings is 1. The number of nitrogens with two attached hydrogens (primary N) is 2. The number of halogens is 1. The molecule has 5 N–H and O–H groups in total. The molecule has 1 fully saturated rings. The summed E-state index contributed by atoms with van der Waals surface area (Å²) in [5, 5.41) is 3.01. The molecule has 1 saturated heterocycles. The summed E-state index contributed by atoms with van der Waals surface area (Å²) in [6.07, 6.45) is 0.745. The third-order valence-corrected chi connectivity index (χ3v) is 4.36. The van der Waals surface area contributed by atoms with Crippen molar-refractivity contribution in [3.63, 3.8) is 0 Å². The van der Waals surface area contributed by atoms with E-state index >= 15 is 0 Å². The number of rotatable bonds is 6. The van der Waals surface area contributed by atoms with Crippen LogP contribution in [0.5, 0.6) is 11.5 Å². The summed E-state index contributed by atoms with van der Waals surface area (Å²) in [4.78, 5) is 17.9. The summed E-state index contributed by atoms with van der Waals surface area (Å²) in [7, 11) is 3.05. The molecule has 2 heterocycles. The van der Waals surface area contributed by atoms with Gasteiger partial charge in [0.25, 0.3) is 5.91 Å². The highest BCUT2D eigenvalue weighted by Gasteiger charge is 2.25. The molecule has 0 saturated carbocycles. The van der Waals surface area contributed by atoms with Gasteiger partial charge in [0.1, 0.15) is 17.3 Å². The molecule has 144 valence electrons. The SMILES string of the molecule is COc1cc(Nc2nc(N3CC[C@@H](N)C3)c(F)cc2C(N)=O)cc(OC)c1. The van der Waals surface area contributed by atoms with Gasteiger partial charge in [0.2, 0.25) is 0 Å². The first-order valence-corrected chi connectivity index (χ1v) is 8.42. The fourth-order valence-electron chi connectivity index (χ4n) is 2.98. The van der Waals surface area contributed by atoms with Gasteiger partial charge in [0.15, 0.2) is 11.6 Å². The van der Waals surface area contributed by atoms with Crippen LogP contribution in [0.15, 0.2) is 24.3 Å². The molecule has 0 bridgehead atoms. The van der Waals surface area contributed by atoms with Gasteiger partial charge in [-0.25, -0.2) is 9.37 Å². The molecule has 9 heteroatoms. The zero-order valence-electron chi connectivity index (χ0n) is 15.2. The summed E-state index contributed by atoms with van der Waals surface area (Å²) in [5.41, 5.74) is 11.8. The number of nitrogens with zero attached hydrogens (tertiary/aromatic N) is 2. The number of carbonyl (C=O) groups is 1. The van der Waals surface area contributed by atoms with Gasteiger partial charge in [-0.15, -0.1) is 0 Å². The number of nitrogens with one attached hydrogen (secondary N) is 1. The lowest BCUT2D eigenvalue weighted by atomic mass is 10.2. The summed E-state index contributed by atoms with van der Waals surface area (Å²) < 4.78 is 25.0. The molecule has 0 aliphatic carbocycles. The minimum absolute atomic E-state index is 0.0407. The predicted octanol–water partition coefficient (Wildman–Crippen LogP) is 1.62. The first-order chi connectivity index (χ1) is 12.9. The van der Waals surface area contributed by atoms with Crippen LogP contribution in [0.25, 0.3) is 0 Å². The van der Waals surface area contributed by atoms with Crippen molar-refractivity contribution in [2.75, 3.05) is 37.5 Å². The molecule has 1 aliphatic heterocycles. The molecule has 0 radical (unpaired) electrons. The molecule has 1 amide bonds. The number of aromatic nitrogens is 1. The van der Waals surface area contributed by atoms with Crippen LogP contribution in [0.4, 0.5) is 21.7 Å². The Morgan fingerprint density at radius 2 is 1.93 bits per heavy atom. The highest BCUT2D eigenvalue weighted by molar-refractivity contribution is 5.98. The Labute approximate surface area is 156 Å². The molecule has 0 unspecified atom stereocenters. The second-order valence-electron chi connectivity index (χ2n) is 6.28. The molecule has 3 rings (SSSR count). The van der Waals surface area contributed by atoms with Gasteiger partial charge >= 0.3 is 0 Å². The molecule has 8 nitrogen and oxygen atoms in total. The van der Waals surface area contributed by atoms with Gasteiger partial charge in [-0.3, -0.25) is 4.79 Å². The van der Waals surface area contributed by atoms with Crippen molar-refractivity contribution < 1.29 is 18.7 Å². The Kier molecular flexibility index (Phi) is 5.31. The van der Waals surface area contributed by atoms with Gasteiger partial charge in [0.05, 0.1) is 19.8 Å². The van der Waals surface area contributed by atoms with Crippen molar-refractivity contribution in [2.24, 2.45) is 11.5 Å². The summed E-state index contributed by atoms with van der Waals surface area (Å²) in [6, 6.07) is 6.15. The maximum Gasteiger partial charge on any atom is 0.252 e. The minimum atomic E-state index is -0.788. The number of carbonyl (C=O) groups excluding carboxylic acids is 1. The largest absolute Gasteiger partial charge is 0.497 e. The molecular formula is C18H22FN5O3. The average Bonchev–Trinajstić information content (AvgIpc) is 3.08. The monoisotopic (exact) mass is 375 g/mol. The van der Waals surface area contributed by atoms with Crippen LogP contribution in [0, 0.1) is 5.82 Å². The smallest absolute Gasteiger partial charge is 0.252 e. The van der Waals surface area contributed by atoms with Crippen LogP contribution < -0.4 is 31.2 Å². The highest BCUT2D eigenvalue weighted by atomic mass is 19.1. The average molecular weight is 375 g/mol. The van der Waals surface area contributed by atoms with Gasteiger partial charge in [0, 0.05) is 43.0 Å². The molecule has 0 spiro atoms. The normalized spacial score (nSPS) is 16.3. The quantitative estimate of drug-likeness (QED) is 0.702. The maximum absolute atomic E-state index is 14.5. The molecule has 1 aliphatic rings. The number of amides is 1. The highest BCUT2D eigenvalue weighted by Crippen LogP contribution is 2.31. The lowest BCUT2D eigenvalue weighted by Crippen LogP contribution is -2.28. The molecule has 27 heavy (non-hydrogen) atoms. The Bertz CT molecular complexity index is 839. The Balaban J connectivity index is 2.01. The van der Waals surface area contributed by atoms with E-state index in [-0.39, 0.29) is 23.2 Å². The number of hydrogen-bond donors (Lipinski definition) is 3. The van der Waals surface area contributed by atoms with Crippen LogP contribution in [-0.4, -0.2) is 44.2 Å². The van der Waals surface area contributed by atoms with Crippen molar-refractivity contribution >= 4 is 23.2 Å². The van der Waals surface area contributed by atoms with E-state index in [1.54, 1.807) is 23.1 Å². The first-order valence-electron chi connectivity index (χ1n) is 8.42. The van der Waals surface area contributed by atoms with Crippen molar-refractivity contribution in [2.45, 2.75) is 12.5 Å². The number of methoxy groups -OCH3 is 2. The number of ether oxygens (including phenoxy) is 2. The van der Waals surface area contributed by atoms with Gasteiger partial charge in [-0.1, -0.05) is 0 Å². The molecule has 1 aromatic carbocycles. The lowest BCUT2D eigenvalue weighted by Gasteiger charge is -2.20. The van der Waals surface area contributed by atoms with Crippen LogP contribution in [0.1, 0.15) is 16.8 Å². The fourth-order valence-corrected chi connectivity index (χ4v) is 2.98. The number of anilines is 3. The van der Waals surface area contributed by atoms with Crippen LogP contribution in [0.3, 0.4) is 0 Å². The van der Waals surface area contributed by atoms with E-state index in [2.05, 4.69) is 10.3 Å².